The lowest BCUT2D eigenvalue weighted by Gasteiger charge is -2.26. The van der Waals surface area contributed by atoms with Crippen LogP contribution in [0, 0.1) is 0 Å². The lowest BCUT2D eigenvalue weighted by atomic mass is 9.97. The highest BCUT2D eigenvalue weighted by molar-refractivity contribution is 7.26. The number of benzene rings is 9. The van der Waals surface area contributed by atoms with Crippen LogP contribution in [0.3, 0.4) is 0 Å². The van der Waals surface area contributed by atoms with Crippen LogP contribution in [-0.2, 0) is 0 Å². The van der Waals surface area contributed by atoms with Crippen molar-refractivity contribution in [1.82, 2.24) is 0 Å². The average molecular weight is 706 g/mol. The predicted molar refractivity (Wildman–Crippen MR) is 233 cm³/mol. The molecular weight excluding hydrogens is 671 g/mol. The molecule has 0 saturated heterocycles. The van der Waals surface area contributed by atoms with E-state index in [1.165, 1.54) is 75.5 Å². The maximum atomic E-state index is 2.38. The van der Waals surface area contributed by atoms with Crippen LogP contribution in [0.2, 0.25) is 0 Å². The molecule has 1 aromatic heterocycles. The van der Waals surface area contributed by atoms with Gasteiger partial charge in [0.05, 0.1) is 0 Å². The van der Waals surface area contributed by atoms with Gasteiger partial charge in [0.1, 0.15) is 0 Å². The van der Waals surface area contributed by atoms with Crippen LogP contribution in [0.25, 0.3) is 75.5 Å². The van der Waals surface area contributed by atoms with Crippen molar-refractivity contribution in [3.63, 3.8) is 0 Å². The van der Waals surface area contributed by atoms with E-state index in [1.807, 2.05) is 11.3 Å². The highest BCUT2D eigenvalue weighted by Gasteiger charge is 2.16. The van der Waals surface area contributed by atoms with Crippen LogP contribution in [0.15, 0.2) is 212 Å². The van der Waals surface area contributed by atoms with Gasteiger partial charge in [-0.1, -0.05) is 164 Å². The molecule has 10 rings (SSSR count). The number of hydrogen-bond donors (Lipinski definition) is 0. The number of nitrogens with zero attached hydrogens (tertiary/aromatic N) is 1. The van der Waals surface area contributed by atoms with Crippen LogP contribution in [-0.4, -0.2) is 0 Å². The lowest BCUT2D eigenvalue weighted by molar-refractivity contribution is 1.28. The molecular formula is C52H35NS. The summed E-state index contributed by atoms with van der Waals surface area (Å²) in [6.07, 6.45) is 0. The van der Waals surface area contributed by atoms with Crippen molar-refractivity contribution >= 4 is 59.3 Å². The molecule has 0 atom stereocenters. The molecule has 0 aliphatic heterocycles. The number of anilines is 3. The zero-order chi connectivity index (χ0) is 35.8. The van der Waals surface area contributed by atoms with Crippen LogP contribution in [0.1, 0.15) is 0 Å². The van der Waals surface area contributed by atoms with Crippen molar-refractivity contribution in [2.75, 3.05) is 4.90 Å². The average Bonchev–Trinajstić information content (AvgIpc) is 3.64. The molecule has 1 nitrogen and oxygen atoms in total. The molecule has 0 radical (unpaired) electrons. The Labute approximate surface area is 319 Å². The van der Waals surface area contributed by atoms with Crippen molar-refractivity contribution < 1.29 is 0 Å². The van der Waals surface area contributed by atoms with Gasteiger partial charge in [0, 0.05) is 37.2 Å². The summed E-state index contributed by atoms with van der Waals surface area (Å²) < 4.78 is 2.65. The minimum absolute atomic E-state index is 1.10. The van der Waals surface area contributed by atoms with Gasteiger partial charge in [-0.25, -0.2) is 0 Å². The van der Waals surface area contributed by atoms with Crippen molar-refractivity contribution in [2.24, 2.45) is 0 Å². The van der Waals surface area contributed by atoms with Gasteiger partial charge in [-0.2, -0.15) is 0 Å². The largest absolute Gasteiger partial charge is 0.310 e. The molecule has 2 heteroatoms. The van der Waals surface area contributed by atoms with E-state index in [9.17, 15) is 0 Å². The third-order valence-electron chi connectivity index (χ3n) is 10.5. The molecule has 0 saturated carbocycles. The highest BCUT2D eigenvalue weighted by atomic mass is 32.1. The van der Waals surface area contributed by atoms with Crippen LogP contribution in [0.4, 0.5) is 17.1 Å². The van der Waals surface area contributed by atoms with E-state index >= 15 is 0 Å². The monoisotopic (exact) mass is 705 g/mol. The second kappa shape index (κ2) is 13.7. The standard InChI is InChI=1S/C52H35NS/c1-2-12-36(13-3-1)40-16-8-17-41(34-40)37-26-30-43(31-27-37)53(45-19-9-18-42(35-45)47-22-10-15-38-14-4-5-20-46(38)47)44-32-28-39(29-33-44)48-23-11-24-50-49-21-6-7-25-51(49)54-52(48)50/h1-35H. The van der Waals surface area contributed by atoms with Crippen molar-refractivity contribution in [3.8, 4) is 44.5 Å². The Morgan fingerprint density at radius 1 is 0.296 bits per heavy atom. The molecule has 0 aliphatic carbocycles. The second-order valence-corrected chi connectivity index (χ2v) is 14.8. The summed E-state index contributed by atoms with van der Waals surface area (Å²) in [5.41, 5.74) is 13.1. The molecule has 0 aliphatic rings. The van der Waals surface area contributed by atoms with Gasteiger partial charge in [-0.3, -0.25) is 0 Å². The normalized spacial score (nSPS) is 11.3. The van der Waals surface area contributed by atoms with Gasteiger partial charge in [-0.15, -0.1) is 11.3 Å². The summed E-state index contributed by atoms with van der Waals surface area (Å²) in [7, 11) is 0. The summed E-state index contributed by atoms with van der Waals surface area (Å²) in [4.78, 5) is 2.38. The molecule has 0 unspecified atom stereocenters. The quantitative estimate of drug-likeness (QED) is 0.160. The summed E-state index contributed by atoms with van der Waals surface area (Å²) >= 11 is 1.88. The van der Waals surface area contributed by atoms with E-state index in [1.54, 1.807) is 0 Å². The second-order valence-electron chi connectivity index (χ2n) is 13.7. The van der Waals surface area contributed by atoms with Crippen LogP contribution >= 0.6 is 11.3 Å². The molecule has 0 N–H and O–H groups in total. The summed E-state index contributed by atoms with van der Waals surface area (Å²) in [5.74, 6) is 0. The van der Waals surface area contributed by atoms with E-state index in [4.69, 9.17) is 0 Å². The Hall–Kier alpha value is -6.74. The molecule has 0 fully saturated rings. The topological polar surface area (TPSA) is 3.24 Å². The van der Waals surface area contributed by atoms with Gasteiger partial charge in [0.15, 0.2) is 0 Å². The third kappa shape index (κ3) is 5.84. The van der Waals surface area contributed by atoms with E-state index in [-0.39, 0.29) is 0 Å². The zero-order valence-electron chi connectivity index (χ0n) is 29.6. The third-order valence-corrected chi connectivity index (χ3v) is 11.7. The maximum Gasteiger partial charge on any atom is 0.0467 e. The summed E-state index contributed by atoms with van der Waals surface area (Å²) in [6.45, 7) is 0. The first-order valence-corrected chi connectivity index (χ1v) is 19.2. The van der Waals surface area contributed by atoms with Crippen LogP contribution in [0.5, 0.6) is 0 Å². The minimum Gasteiger partial charge on any atom is -0.310 e. The highest BCUT2D eigenvalue weighted by Crippen LogP contribution is 2.42. The van der Waals surface area contributed by atoms with Gasteiger partial charge < -0.3 is 4.90 Å². The molecule has 254 valence electrons. The molecule has 1 heterocycles. The fourth-order valence-corrected chi connectivity index (χ4v) is 9.05. The van der Waals surface area contributed by atoms with Gasteiger partial charge in [0.2, 0.25) is 0 Å². The van der Waals surface area contributed by atoms with Crippen molar-refractivity contribution in [2.45, 2.75) is 0 Å². The number of thiophene rings is 1. The molecule has 54 heavy (non-hydrogen) atoms. The van der Waals surface area contributed by atoms with Crippen molar-refractivity contribution in [3.05, 3.63) is 212 Å². The molecule has 9 aromatic carbocycles. The summed E-state index contributed by atoms with van der Waals surface area (Å²) in [5, 5.41) is 5.14. The fourth-order valence-electron chi connectivity index (χ4n) is 7.81. The first kappa shape index (κ1) is 32.0. The van der Waals surface area contributed by atoms with E-state index in [0.29, 0.717) is 0 Å². The van der Waals surface area contributed by atoms with Crippen LogP contribution < -0.4 is 4.90 Å². The SMILES string of the molecule is c1ccc(-c2cccc(-c3ccc(N(c4ccc(-c5cccc6c5sc5ccccc56)cc4)c4cccc(-c5cccc6ccccc56)c4)cc3)c2)cc1. The molecule has 10 aromatic rings. The zero-order valence-corrected chi connectivity index (χ0v) is 30.4. The van der Waals surface area contributed by atoms with E-state index in [2.05, 4.69) is 217 Å². The first-order valence-electron chi connectivity index (χ1n) is 18.4. The van der Waals surface area contributed by atoms with Gasteiger partial charge in [-0.05, 0) is 104 Å². The molecule has 0 spiro atoms. The Bertz CT molecular complexity index is 2920. The smallest absolute Gasteiger partial charge is 0.0467 e. The number of fused-ring (bicyclic) bond motifs is 4. The Morgan fingerprint density at radius 3 is 1.63 bits per heavy atom. The number of hydrogen-bond acceptors (Lipinski definition) is 2. The Kier molecular flexibility index (Phi) is 8.09. The Balaban J connectivity index is 1.07. The maximum absolute atomic E-state index is 2.38. The predicted octanol–water partition coefficient (Wildman–Crippen LogP) is 15.3. The Morgan fingerprint density at radius 2 is 0.833 bits per heavy atom. The lowest BCUT2D eigenvalue weighted by Crippen LogP contribution is -2.10. The van der Waals surface area contributed by atoms with Gasteiger partial charge >= 0.3 is 0 Å². The van der Waals surface area contributed by atoms with E-state index in [0.717, 1.165) is 17.1 Å². The van der Waals surface area contributed by atoms with Gasteiger partial charge in [0.25, 0.3) is 0 Å². The summed E-state index contributed by atoms with van der Waals surface area (Å²) in [6, 6.07) is 77.1. The fraction of sp³-hybridized carbons (Fsp3) is 0. The number of rotatable bonds is 7. The molecule has 0 bridgehead atoms. The first-order chi connectivity index (χ1) is 26.8. The van der Waals surface area contributed by atoms with E-state index < -0.39 is 0 Å². The minimum atomic E-state index is 1.10. The van der Waals surface area contributed by atoms with Crippen molar-refractivity contribution in [1.29, 1.82) is 0 Å². The molecule has 0 amide bonds.